The van der Waals surface area contributed by atoms with Crippen molar-refractivity contribution in [2.24, 2.45) is 0 Å². The highest BCUT2D eigenvalue weighted by Crippen LogP contribution is 2.28. The topological polar surface area (TPSA) is 64.1 Å². The number of anilines is 1. The second-order valence-corrected chi connectivity index (χ2v) is 7.32. The van der Waals surface area contributed by atoms with Crippen molar-refractivity contribution in [3.8, 4) is 5.75 Å². The van der Waals surface area contributed by atoms with E-state index in [-0.39, 0.29) is 5.91 Å². The summed E-state index contributed by atoms with van der Waals surface area (Å²) < 4.78 is 6.50. The average molecular weight is 424 g/mol. The van der Waals surface area contributed by atoms with E-state index < -0.39 is 0 Å². The fraction of sp³-hybridized carbons (Fsp3) is 0.389. The monoisotopic (exact) mass is 423 g/mol. The number of carbonyl (C=O) groups excluding carboxylic acids is 1. The van der Waals surface area contributed by atoms with Gasteiger partial charge in [-0.1, -0.05) is 41.1 Å². The highest BCUT2D eigenvalue weighted by atomic mass is 79.9. The first-order valence-electron chi connectivity index (χ1n) is 8.32. The highest BCUT2D eigenvalue weighted by molar-refractivity contribution is 9.10. The van der Waals surface area contributed by atoms with Crippen LogP contribution in [0.3, 0.4) is 0 Å². The fourth-order valence-electron chi connectivity index (χ4n) is 2.34. The van der Waals surface area contributed by atoms with E-state index in [1.807, 2.05) is 25.1 Å². The fourth-order valence-corrected chi connectivity index (χ4v) is 3.73. The molecule has 1 aromatic carbocycles. The van der Waals surface area contributed by atoms with Crippen LogP contribution in [0.4, 0.5) is 5.13 Å². The molecule has 0 bridgehead atoms. The third-order valence-corrected chi connectivity index (χ3v) is 5.19. The molecular weight excluding hydrogens is 402 g/mol. The van der Waals surface area contributed by atoms with Crippen LogP contribution in [0.15, 0.2) is 28.7 Å². The summed E-state index contributed by atoms with van der Waals surface area (Å²) in [4.78, 5) is 12.1. The normalized spacial score (nSPS) is 11.2. The molecule has 0 aliphatic rings. The van der Waals surface area contributed by atoms with Gasteiger partial charge >= 0.3 is 0 Å². The summed E-state index contributed by atoms with van der Waals surface area (Å²) in [6, 6.07) is 5.69. The van der Waals surface area contributed by atoms with Crippen molar-refractivity contribution in [1.82, 2.24) is 10.2 Å². The van der Waals surface area contributed by atoms with E-state index in [1.165, 1.54) is 17.4 Å². The van der Waals surface area contributed by atoms with E-state index in [1.54, 1.807) is 6.08 Å². The molecule has 0 saturated carbocycles. The Balaban J connectivity index is 2.05. The Hall–Kier alpha value is -1.73. The molecule has 2 aromatic rings. The van der Waals surface area contributed by atoms with Gasteiger partial charge in [-0.15, -0.1) is 10.2 Å². The smallest absolute Gasteiger partial charge is 0.250 e. The van der Waals surface area contributed by atoms with Gasteiger partial charge in [-0.3, -0.25) is 10.1 Å². The first-order chi connectivity index (χ1) is 12.1. The number of carbonyl (C=O) groups is 1. The van der Waals surface area contributed by atoms with E-state index in [0.717, 1.165) is 33.6 Å². The molecule has 2 rings (SSSR count). The number of rotatable bonds is 8. The molecular formula is C18H22BrN3O2S. The molecule has 0 unspecified atom stereocenters. The number of hydrogen-bond acceptors (Lipinski definition) is 5. The molecule has 1 amide bonds. The van der Waals surface area contributed by atoms with Gasteiger partial charge in [-0.2, -0.15) is 0 Å². The number of benzene rings is 1. The van der Waals surface area contributed by atoms with Crippen LogP contribution in [0, 0.1) is 0 Å². The molecule has 7 heteroatoms. The molecule has 5 nitrogen and oxygen atoms in total. The van der Waals surface area contributed by atoms with E-state index in [9.17, 15) is 4.79 Å². The summed E-state index contributed by atoms with van der Waals surface area (Å²) in [7, 11) is 0. The Morgan fingerprint density at radius 1 is 1.32 bits per heavy atom. The molecule has 0 radical (unpaired) electrons. The van der Waals surface area contributed by atoms with Crippen LogP contribution in [0.25, 0.3) is 6.08 Å². The summed E-state index contributed by atoms with van der Waals surface area (Å²) >= 11 is 4.87. The number of hydrogen-bond donors (Lipinski definition) is 1. The van der Waals surface area contributed by atoms with E-state index in [0.29, 0.717) is 17.7 Å². The van der Waals surface area contributed by atoms with Gasteiger partial charge in [0.05, 0.1) is 6.61 Å². The van der Waals surface area contributed by atoms with Crippen molar-refractivity contribution < 1.29 is 9.53 Å². The summed E-state index contributed by atoms with van der Waals surface area (Å²) in [5.74, 6) is 0.894. The van der Waals surface area contributed by atoms with Gasteiger partial charge in [0.15, 0.2) is 0 Å². The second-order valence-electron chi connectivity index (χ2n) is 5.40. The SMILES string of the molecule is CCOc1ccc(Br)cc1/C=C/C(=O)Nc1nnc(C(CC)CC)s1. The van der Waals surface area contributed by atoms with Gasteiger partial charge < -0.3 is 4.74 Å². The van der Waals surface area contributed by atoms with Crippen LogP contribution in [0.2, 0.25) is 0 Å². The van der Waals surface area contributed by atoms with E-state index in [2.05, 4.69) is 45.3 Å². The standard InChI is InChI=1S/C18H22BrN3O2S/c1-4-12(5-2)17-21-22-18(25-17)20-16(23)10-7-13-11-14(19)8-9-15(13)24-6-3/h7-12H,4-6H2,1-3H3,(H,20,22,23)/b10-7+. The molecule has 0 saturated heterocycles. The van der Waals surface area contributed by atoms with Gasteiger partial charge in [0, 0.05) is 22.0 Å². The number of nitrogens with zero attached hydrogens (tertiary/aromatic N) is 2. The molecule has 0 aliphatic heterocycles. The van der Waals surface area contributed by atoms with E-state index in [4.69, 9.17) is 4.74 Å². The third kappa shape index (κ3) is 5.64. The Morgan fingerprint density at radius 2 is 2.08 bits per heavy atom. The maximum absolute atomic E-state index is 12.1. The first-order valence-corrected chi connectivity index (χ1v) is 9.93. The van der Waals surface area contributed by atoms with Gasteiger partial charge in [0.1, 0.15) is 10.8 Å². The molecule has 25 heavy (non-hydrogen) atoms. The third-order valence-electron chi connectivity index (χ3n) is 3.69. The predicted molar refractivity (Wildman–Crippen MR) is 106 cm³/mol. The Morgan fingerprint density at radius 3 is 2.76 bits per heavy atom. The predicted octanol–water partition coefficient (Wildman–Crippen LogP) is 5.25. The van der Waals surface area contributed by atoms with Crippen molar-refractivity contribution in [3.63, 3.8) is 0 Å². The zero-order valence-corrected chi connectivity index (χ0v) is 17.0. The largest absolute Gasteiger partial charge is 0.493 e. The van der Waals surface area contributed by atoms with Crippen LogP contribution in [-0.2, 0) is 4.79 Å². The zero-order chi connectivity index (χ0) is 18.2. The number of ether oxygens (including phenoxy) is 1. The van der Waals surface area contributed by atoms with Crippen LogP contribution in [-0.4, -0.2) is 22.7 Å². The molecule has 1 aromatic heterocycles. The molecule has 0 spiro atoms. The molecule has 1 heterocycles. The van der Waals surface area contributed by atoms with Gasteiger partial charge in [0.2, 0.25) is 11.0 Å². The molecule has 0 aliphatic carbocycles. The lowest BCUT2D eigenvalue weighted by molar-refractivity contribution is -0.111. The van der Waals surface area contributed by atoms with Gasteiger partial charge in [-0.05, 0) is 44.0 Å². The molecule has 134 valence electrons. The minimum absolute atomic E-state index is 0.241. The number of halogens is 1. The quantitative estimate of drug-likeness (QED) is 0.588. The number of aromatic nitrogens is 2. The van der Waals surface area contributed by atoms with Crippen molar-refractivity contribution >= 4 is 44.4 Å². The van der Waals surface area contributed by atoms with Crippen molar-refractivity contribution in [2.45, 2.75) is 39.5 Å². The lowest BCUT2D eigenvalue weighted by atomic mass is 10.1. The number of amides is 1. The van der Waals surface area contributed by atoms with Gasteiger partial charge in [0.25, 0.3) is 0 Å². The lowest BCUT2D eigenvalue weighted by Crippen LogP contribution is -2.07. The summed E-state index contributed by atoms with van der Waals surface area (Å²) in [6.45, 7) is 6.75. The minimum Gasteiger partial charge on any atom is -0.493 e. The summed E-state index contributed by atoms with van der Waals surface area (Å²) in [6.07, 6.45) is 5.24. The maximum atomic E-state index is 12.1. The Kier molecular flexibility index (Phi) is 7.58. The lowest BCUT2D eigenvalue weighted by Gasteiger charge is -2.07. The molecule has 0 fully saturated rings. The second kappa shape index (κ2) is 9.68. The zero-order valence-electron chi connectivity index (χ0n) is 14.6. The van der Waals surface area contributed by atoms with Crippen LogP contribution in [0.5, 0.6) is 5.75 Å². The van der Waals surface area contributed by atoms with Crippen molar-refractivity contribution in [3.05, 3.63) is 39.3 Å². The highest BCUT2D eigenvalue weighted by Gasteiger charge is 2.14. The van der Waals surface area contributed by atoms with Crippen molar-refractivity contribution in [1.29, 1.82) is 0 Å². The summed E-state index contributed by atoms with van der Waals surface area (Å²) in [5.41, 5.74) is 0.835. The van der Waals surface area contributed by atoms with Crippen molar-refractivity contribution in [2.75, 3.05) is 11.9 Å². The maximum Gasteiger partial charge on any atom is 0.250 e. The molecule has 1 N–H and O–H groups in total. The van der Waals surface area contributed by atoms with Crippen LogP contribution >= 0.6 is 27.3 Å². The number of nitrogens with one attached hydrogen (secondary N) is 1. The summed E-state index contributed by atoms with van der Waals surface area (Å²) in [5, 5.41) is 12.5. The average Bonchev–Trinajstić information content (AvgIpc) is 3.04. The Bertz CT molecular complexity index is 742. The first kappa shape index (κ1) is 19.6. The van der Waals surface area contributed by atoms with Gasteiger partial charge in [-0.25, -0.2) is 0 Å². The van der Waals surface area contributed by atoms with Crippen LogP contribution < -0.4 is 10.1 Å². The Labute approximate surface area is 160 Å². The van der Waals surface area contributed by atoms with Crippen LogP contribution in [0.1, 0.15) is 50.1 Å². The minimum atomic E-state index is -0.241. The molecule has 0 atom stereocenters. The van der Waals surface area contributed by atoms with E-state index >= 15 is 0 Å².